The number of carbonyl (C=O) groups excluding carboxylic acids is 1. The van der Waals surface area contributed by atoms with E-state index in [0.717, 1.165) is 6.42 Å². The molecule has 0 spiro atoms. The topological polar surface area (TPSA) is 95.1 Å². The summed E-state index contributed by atoms with van der Waals surface area (Å²) in [5.74, 6) is -0.455. The van der Waals surface area contributed by atoms with E-state index < -0.39 is 11.9 Å². The maximum absolute atomic E-state index is 10.3. The van der Waals surface area contributed by atoms with Gasteiger partial charge in [-0.3, -0.25) is 4.79 Å². The number of carbonyl (C=O) groups is 1. The number of halogens is 1. The van der Waals surface area contributed by atoms with E-state index in [4.69, 9.17) is 17.2 Å². The second kappa shape index (κ2) is 7.23. The summed E-state index contributed by atoms with van der Waals surface area (Å²) < 4.78 is 0. The van der Waals surface area contributed by atoms with Gasteiger partial charge in [0.15, 0.2) is 0 Å². The molecule has 0 radical (unpaired) electrons. The first-order valence-corrected chi connectivity index (χ1v) is 2.93. The summed E-state index contributed by atoms with van der Waals surface area (Å²) in [6.45, 7) is 0.557. The molecule has 0 saturated heterocycles. The molecule has 1 amide bonds. The Balaban J connectivity index is 0. The van der Waals surface area contributed by atoms with Crippen LogP contribution in [0.3, 0.4) is 0 Å². The maximum atomic E-state index is 10.3. The molecule has 0 aromatic carbocycles. The normalized spacial score (nSPS) is 11.8. The summed E-state index contributed by atoms with van der Waals surface area (Å²) >= 11 is 0. The Kier molecular flexibility index (Phi) is 9.23. The second-order valence-electron chi connectivity index (χ2n) is 1.94. The van der Waals surface area contributed by atoms with Crippen LogP contribution in [0, 0.1) is 0 Å². The summed E-state index contributed by atoms with van der Waals surface area (Å²) in [7, 11) is 0. The molecule has 0 rings (SSSR count). The number of nitrogens with two attached hydrogens (primary N) is 3. The van der Waals surface area contributed by atoms with Gasteiger partial charge in [0.2, 0.25) is 5.91 Å². The lowest BCUT2D eigenvalue weighted by molar-refractivity contribution is -0.119. The Morgan fingerprint density at radius 1 is 1.50 bits per heavy atom. The predicted molar refractivity (Wildman–Crippen MR) is 50.9 cm³/mol. The lowest BCUT2D eigenvalue weighted by Crippen LogP contribution is -2.36. The second-order valence-corrected chi connectivity index (χ2v) is 1.94. The fraction of sp³-hybridized carbons (Fsp3) is 0.800. The molecule has 0 fully saturated rings. The van der Waals surface area contributed by atoms with E-state index in [1.165, 1.54) is 0 Å². The molecule has 1 atom stereocenters. The molecule has 0 aliphatic rings. The standard InChI is InChI=1S/C5H13N3O.HI/c6-3-1-2-4(7)5(8)9;/h4H,1-3,6-7H2,(H2,8,9);1H. The van der Waals surface area contributed by atoms with E-state index >= 15 is 0 Å². The van der Waals surface area contributed by atoms with Crippen molar-refractivity contribution in [1.82, 2.24) is 0 Å². The van der Waals surface area contributed by atoms with Crippen LogP contribution in [0.15, 0.2) is 0 Å². The molecule has 0 aliphatic carbocycles. The summed E-state index contributed by atoms with van der Waals surface area (Å²) in [5, 5.41) is 0. The van der Waals surface area contributed by atoms with Crippen LogP contribution in [0.25, 0.3) is 0 Å². The molecule has 4 nitrogen and oxygen atoms in total. The van der Waals surface area contributed by atoms with Crippen molar-refractivity contribution in [3.63, 3.8) is 0 Å². The maximum Gasteiger partial charge on any atom is 0.234 e. The number of hydrogen-bond donors (Lipinski definition) is 3. The van der Waals surface area contributed by atoms with Crippen molar-refractivity contribution in [2.24, 2.45) is 17.2 Å². The molecule has 0 aromatic heterocycles. The zero-order valence-electron chi connectivity index (χ0n) is 5.75. The van der Waals surface area contributed by atoms with Gasteiger partial charge in [0.25, 0.3) is 0 Å². The fourth-order valence-electron chi connectivity index (χ4n) is 0.480. The molecule has 0 aromatic rings. The van der Waals surface area contributed by atoms with Crippen LogP contribution >= 0.6 is 24.0 Å². The van der Waals surface area contributed by atoms with Gasteiger partial charge in [0.05, 0.1) is 6.04 Å². The molecular weight excluding hydrogens is 245 g/mol. The van der Waals surface area contributed by atoms with E-state index in [1.54, 1.807) is 0 Å². The number of primary amides is 1. The molecule has 0 saturated carbocycles. The average Bonchev–Trinajstić information content (AvgIpc) is 1.82. The lowest BCUT2D eigenvalue weighted by atomic mass is 10.1. The molecule has 0 aliphatic heterocycles. The molecule has 6 N–H and O–H groups in total. The zero-order chi connectivity index (χ0) is 7.28. The molecule has 1 unspecified atom stereocenters. The molecular formula is C5H14IN3O. The van der Waals surface area contributed by atoms with Crippen LogP contribution in [0.2, 0.25) is 0 Å². The highest BCUT2D eigenvalue weighted by Gasteiger charge is 2.06. The van der Waals surface area contributed by atoms with Crippen molar-refractivity contribution in [3.8, 4) is 0 Å². The predicted octanol–water partition coefficient (Wildman–Crippen LogP) is -0.844. The Hall–Kier alpha value is 0.120. The van der Waals surface area contributed by atoms with Gasteiger partial charge in [-0.25, -0.2) is 0 Å². The minimum Gasteiger partial charge on any atom is -0.368 e. The summed E-state index contributed by atoms with van der Waals surface area (Å²) in [6, 6.07) is -0.520. The van der Waals surface area contributed by atoms with Crippen molar-refractivity contribution in [2.45, 2.75) is 18.9 Å². The fourth-order valence-corrected chi connectivity index (χ4v) is 0.480. The van der Waals surface area contributed by atoms with Gasteiger partial charge in [-0.05, 0) is 19.4 Å². The van der Waals surface area contributed by atoms with Gasteiger partial charge >= 0.3 is 0 Å². The highest BCUT2D eigenvalue weighted by molar-refractivity contribution is 14.0. The quantitative estimate of drug-likeness (QED) is 0.574. The Bertz CT molecular complexity index is 98.9. The molecule has 0 heterocycles. The average molecular weight is 259 g/mol. The third kappa shape index (κ3) is 6.24. The van der Waals surface area contributed by atoms with Gasteiger partial charge in [0.1, 0.15) is 0 Å². The largest absolute Gasteiger partial charge is 0.368 e. The Labute approximate surface area is 77.5 Å². The SMILES string of the molecule is I.NCCCC(N)C(N)=O. The summed E-state index contributed by atoms with van der Waals surface area (Å²) in [6.07, 6.45) is 1.34. The third-order valence-electron chi connectivity index (χ3n) is 1.08. The van der Waals surface area contributed by atoms with E-state index in [9.17, 15) is 4.79 Å². The first-order chi connectivity index (χ1) is 4.18. The zero-order valence-corrected chi connectivity index (χ0v) is 8.08. The Morgan fingerprint density at radius 3 is 2.30 bits per heavy atom. The van der Waals surface area contributed by atoms with Gasteiger partial charge in [-0.2, -0.15) is 0 Å². The van der Waals surface area contributed by atoms with Crippen LogP contribution in [-0.4, -0.2) is 18.5 Å². The number of rotatable bonds is 4. The van der Waals surface area contributed by atoms with E-state index in [1.807, 2.05) is 0 Å². The van der Waals surface area contributed by atoms with E-state index in [0.29, 0.717) is 13.0 Å². The van der Waals surface area contributed by atoms with E-state index in [2.05, 4.69) is 0 Å². The number of hydrogen-bond acceptors (Lipinski definition) is 3. The van der Waals surface area contributed by atoms with Gasteiger partial charge in [0, 0.05) is 0 Å². The molecule has 10 heavy (non-hydrogen) atoms. The van der Waals surface area contributed by atoms with E-state index in [-0.39, 0.29) is 24.0 Å². The number of amides is 1. The minimum absolute atomic E-state index is 0. The van der Waals surface area contributed by atoms with Crippen LogP contribution < -0.4 is 17.2 Å². The van der Waals surface area contributed by atoms with Crippen LogP contribution in [0.1, 0.15) is 12.8 Å². The first kappa shape index (κ1) is 12.8. The highest BCUT2D eigenvalue weighted by Crippen LogP contribution is 1.89. The van der Waals surface area contributed by atoms with Gasteiger partial charge in [-0.1, -0.05) is 0 Å². The van der Waals surface area contributed by atoms with Crippen LogP contribution in [-0.2, 0) is 4.79 Å². The van der Waals surface area contributed by atoms with Gasteiger partial charge in [-0.15, -0.1) is 24.0 Å². The highest BCUT2D eigenvalue weighted by atomic mass is 127. The molecule has 5 heteroatoms. The Morgan fingerprint density at radius 2 is 2.00 bits per heavy atom. The first-order valence-electron chi connectivity index (χ1n) is 2.93. The third-order valence-corrected chi connectivity index (χ3v) is 1.08. The molecule has 0 bridgehead atoms. The van der Waals surface area contributed by atoms with Crippen LogP contribution in [0.4, 0.5) is 0 Å². The minimum atomic E-state index is -0.520. The monoisotopic (exact) mass is 259 g/mol. The lowest BCUT2D eigenvalue weighted by Gasteiger charge is -2.03. The summed E-state index contributed by atoms with van der Waals surface area (Å²) in [4.78, 5) is 10.3. The van der Waals surface area contributed by atoms with Crippen molar-refractivity contribution in [1.29, 1.82) is 0 Å². The summed E-state index contributed by atoms with van der Waals surface area (Å²) in [5.41, 5.74) is 15.3. The van der Waals surface area contributed by atoms with Crippen molar-refractivity contribution >= 4 is 29.9 Å². The smallest absolute Gasteiger partial charge is 0.234 e. The van der Waals surface area contributed by atoms with Gasteiger partial charge < -0.3 is 17.2 Å². The van der Waals surface area contributed by atoms with Crippen molar-refractivity contribution in [3.05, 3.63) is 0 Å². The molecule has 62 valence electrons. The van der Waals surface area contributed by atoms with Crippen molar-refractivity contribution in [2.75, 3.05) is 6.54 Å². The van der Waals surface area contributed by atoms with Crippen LogP contribution in [0.5, 0.6) is 0 Å². The van der Waals surface area contributed by atoms with Crippen molar-refractivity contribution < 1.29 is 4.79 Å².